The highest BCUT2D eigenvalue weighted by Crippen LogP contribution is 2.21. The summed E-state index contributed by atoms with van der Waals surface area (Å²) in [4.78, 5) is 28.6. The number of nitrogens with zero attached hydrogens (tertiary/aromatic N) is 1. The molecule has 8 heteroatoms. The van der Waals surface area contributed by atoms with Crippen LogP contribution in [0.15, 0.2) is 23.6 Å². The first-order valence-electron chi connectivity index (χ1n) is 9.07. The van der Waals surface area contributed by atoms with Gasteiger partial charge in [-0.25, -0.2) is 9.78 Å². The van der Waals surface area contributed by atoms with Gasteiger partial charge in [-0.2, -0.15) is 0 Å². The SMILES string of the molecule is Cc1ccc(NC(=O)Cc2csc(NC(=O)NC3CCCCC3)n2)cc1Cl. The molecular weight excluding hydrogens is 384 g/mol. The summed E-state index contributed by atoms with van der Waals surface area (Å²) in [6, 6.07) is 5.39. The Morgan fingerprint density at radius 1 is 1.22 bits per heavy atom. The topological polar surface area (TPSA) is 83.1 Å². The van der Waals surface area contributed by atoms with Crippen molar-refractivity contribution in [2.45, 2.75) is 51.5 Å². The standard InChI is InChI=1S/C19H23ClN4O2S/c1-12-7-8-14(9-16(12)20)21-17(25)10-15-11-27-19(23-15)24-18(26)22-13-5-3-2-4-6-13/h7-9,11,13H,2-6,10H2,1H3,(H,21,25)(H2,22,23,24,26). The van der Waals surface area contributed by atoms with Crippen molar-refractivity contribution in [2.24, 2.45) is 0 Å². The van der Waals surface area contributed by atoms with Crippen molar-refractivity contribution < 1.29 is 9.59 Å². The summed E-state index contributed by atoms with van der Waals surface area (Å²) in [5, 5.41) is 11.4. The molecule has 1 aromatic heterocycles. The van der Waals surface area contributed by atoms with Crippen LogP contribution >= 0.6 is 22.9 Å². The number of carbonyl (C=O) groups excluding carboxylic acids is 2. The molecule has 144 valence electrons. The number of rotatable bonds is 5. The predicted molar refractivity (Wildman–Crippen MR) is 110 cm³/mol. The average Bonchev–Trinajstić information content (AvgIpc) is 3.05. The van der Waals surface area contributed by atoms with Crippen LogP contribution in [0.4, 0.5) is 15.6 Å². The minimum Gasteiger partial charge on any atom is -0.335 e. The first-order chi connectivity index (χ1) is 13.0. The predicted octanol–water partition coefficient (Wildman–Crippen LogP) is 4.74. The molecule has 3 amide bonds. The van der Waals surface area contributed by atoms with Crippen molar-refractivity contribution >= 4 is 45.7 Å². The molecule has 0 unspecified atom stereocenters. The Morgan fingerprint density at radius 3 is 2.74 bits per heavy atom. The van der Waals surface area contributed by atoms with Gasteiger partial charge in [0.25, 0.3) is 0 Å². The van der Waals surface area contributed by atoms with E-state index in [1.807, 2.05) is 19.1 Å². The zero-order chi connectivity index (χ0) is 19.2. The maximum absolute atomic E-state index is 12.2. The fourth-order valence-corrected chi connectivity index (χ4v) is 3.94. The molecule has 0 spiro atoms. The molecule has 0 aliphatic heterocycles. The van der Waals surface area contributed by atoms with Gasteiger partial charge >= 0.3 is 6.03 Å². The van der Waals surface area contributed by atoms with Crippen LogP contribution in [0.2, 0.25) is 5.02 Å². The van der Waals surface area contributed by atoms with Crippen LogP contribution in [0.1, 0.15) is 43.4 Å². The van der Waals surface area contributed by atoms with E-state index in [1.54, 1.807) is 11.4 Å². The summed E-state index contributed by atoms with van der Waals surface area (Å²) >= 11 is 7.38. The summed E-state index contributed by atoms with van der Waals surface area (Å²) in [5.74, 6) is -0.182. The number of hydrogen-bond donors (Lipinski definition) is 3. The van der Waals surface area contributed by atoms with Crippen molar-refractivity contribution in [3.8, 4) is 0 Å². The fraction of sp³-hybridized carbons (Fsp3) is 0.421. The molecule has 0 atom stereocenters. The van der Waals surface area contributed by atoms with E-state index in [1.165, 1.54) is 17.8 Å². The second-order valence-electron chi connectivity index (χ2n) is 6.77. The zero-order valence-electron chi connectivity index (χ0n) is 15.2. The number of carbonyl (C=O) groups is 2. The highest BCUT2D eigenvalue weighted by atomic mass is 35.5. The normalized spacial score (nSPS) is 14.6. The highest BCUT2D eigenvalue weighted by molar-refractivity contribution is 7.13. The van der Waals surface area contributed by atoms with Gasteiger partial charge in [0, 0.05) is 22.1 Å². The molecule has 0 saturated heterocycles. The van der Waals surface area contributed by atoms with E-state index in [2.05, 4.69) is 20.9 Å². The second-order valence-corrected chi connectivity index (χ2v) is 8.03. The second kappa shape index (κ2) is 9.19. The van der Waals surface area contributed by atoms with Crippen LogP contribution < -0.4 is 16.0 Å². The van der Waals surface area contributed by atoms with E-state index in [9.17, 15) is 9.59 Å². The van der Waals surface area contributed by atoms with Crippen LogP contribution in [0.25, 0.3) is 0 Å². The lowest BCUT2D eigenvalue weighted by Gasteiger charge is -2.22. The molecule has 27 heavy (non-hydrogen) atoms. The van der Waals surface area contributed by atoms with Gasteiger partial charge in [-0.1, -0.05) is 36.9 Å². The van der Waals surface area contributed by atoms with Crippen LogP contribution in [-0.2, 0) is 11.2 Å². The molecule has 3 N–H and O–H groups in total. The molecule has 1 heterocycles. The molecule has 1 saturated carbocycles. The van der Waals surface area contributed by atoms with Crippen LogP contribution in [-0.4, -0.2) is 23.0 Å². The summed E-state index contributed by atoms with van der Waals surface area (Å²) in [6.07, 6.45) is 5.75. The number of anilines is 2. The number of amides is 3. The Balaban J connectivity index is 1.48. The van der Waals surface area contributed by atoms with Crippen molar-refractivity contribution in [3.05, 3.63) is 39.9 Å². The number of benzene rings is 1. The van der Waals surface area contributed by atoms with Crippen molar-refractivity contribution in [3.63, 3.8) is 0 Å². The Bertz CT molecular complexity index is 818. The van der Waals surface area contributed by atoms with Crippen molar-refractivity contribution in [1.82, 2.24) is 10.3 Å². The van der Waals surface area contributed by atoms with E-state index in [-0.39, 0.29) is 24.4 Å². The van der Waals surface area contributed by atoms with E-state index in [0.29, 0.717) is 21.5 Å². The lowest BCUT2D eigenvalue weighted by molar-refractivity contribution is -0.115. The largest absolute Gasteiger partial charge is 0.335 e. The van der Waals surface area contributed by atoms with Gasteiger partial charge in [-0.15, -0.1) is 11.3 Å². The molecule has 0 bridgehead atoms. The summed E-state index contributed by atoms with van der Waals surface area (Å²) in [6.45, 7) is 1.90. The number of hydrogen-bond acceptors (Lipinski definition) is 4. The Morgan fingerprint density at radius 2 is 2.00 bits per heavy atom. The smallest absolute Gasteiger partial charge is 0.321 e. The molecule has 1 aliphatic carbocycles. The lowest BCUT2D eigenvalue weighted by atomic mass is 9.96. The van der Waals surface area contributed by atoms with Crippen LogP contribution in [0.5, 0.6) is 0 Å². The van der Waals surface area contributed by atoms with Gasteiger partial charge in [0.05, 0.1) is 12.1 Å². The number of aryl methyl sites for hydroxylation is 1. The maximum Gasteiger partial charge on any atom is 0.321 e. The molecule has 1 aliphatic rings. The van der Waals surface area contributed by atoms with E-state index in [4.69, 9.17) is 11.6 Å². The monoisotopic (exact) mass is 406 g/mol. The first kappa shape index (κ1) is 19.6. The van der Waals surface area contributed by atoms with Gasteiger partial charge in [-0.05, 0) is 37.5 Å². The average molecular weight is 407 g/mol. The minimum atomic E-state index is -0.235. The lowest BCUT2D eigenvalue weighted by Crippen LogP contribution is -2.39. The molecule has 1 aromatic carbocycles. The number of urea groups is 1. The van der Waals surface area contributed by atoms with Gasteiger partial charge in [0.1, 0.15) is 0 Å². The quantitative estimate of drug-likeness (QED) is 0.670. The van der Waals surface area contributed by atoms with Gasteiger partial charge in [0.2, 0.25) is 5.91 Å². The third-order valence-corrected chi connectivity index (χ3v) is 5.72. The van der Waals surface area contributed by atoms with E-state index >= 15 is 0 Å². The van der Waals surface area contributed by atoms with Crippen LogP contribution in [0.3, 0.4) is 0 Å². The van der Waals surface area contributed by atoms with Gasteiger partial charge < -0.3 is 10.6 Å². The summed E-state index contributed by atoms with van der Waals surface area (Å²) in [5.41, 5.74) is 2.22. The Labute approximate surface area is 167 Å². The maximum atomic E-state index is 12.2. The Hall–Kier alpha value is -2.12. The fourth-order valence-electron chi connectivity index (χ4n) is 3.05. The van der Waals surface area contributed by atoms with Gasteiger partial charge in [0.15, 0.2) is 5.13 Å². The summed E-state index contributed by atoms with van der Waals surface area (Å²) < 4.78 is 0. The van der Waals surface area contributed by atoms with Gasteiger partial charge in [-0.3, -0.25) is 10.1 Å². The van der Waals surface area contributed by atoms with Crippen LogP contribution in [0, 0.1) is 6.92 Å². The number of thiazole rings is 1. The summed E-state index contributed by atoms with van der Waals surface area (Å²) in [7, 11) is 0. The Kier molecular flexibility index (Phi) is 6.68. The molecule has 0 radical (unpaired) electrons. The van der Waals surface area contributed by atoms with E-state index in [0.717, 1.165) is 31.2 Å². The van der Waals surface area contributed by atoms with E-state index < -0.39 is 0 Å². The molecule has 6 nitrogen and oxygen atoms in total. The third kappa shape index (κ3) is 5.94. The molecule has 2 aromatic rings. The molecular formula is C19H23ClN4O2S. The first-order valence-corrected chi connectivity index (χ1v) is 10.3. The van der Waals surface area contributed by atoms with Crippen molar-refractivity contribution in [1.29, 1.82) is 0 Å². The number of nitrogens with one attached hydrogen (secondary N) is 3. The zero-order valence-corrected chi connectivity index (χ0v) is 16.8. The van der Waals surface area contributed by atoms with Crippen molar-refractivity contribution in [2.75, 3.05) is 10.6 Å². The third-order valence-electron chi connectivity index (χ3n) is 4.51. The highest BCUT2D eigenvalue weighted by Gasteiger charge is 2.16. The number of aromatic nitrogens is 1. The minimum absolute atomic E-state index is 0.133. The molecule has 1 fully saturated rings. The molecule has 3 rings (SSSR count). The number of halogens is 1.